The van der Waals surface area contributed by atoms with E-state index in [1.807, 2.05) is 346 Å². The van der Waals surface area contributed by atoms with Gasteiger partial charge in [0.05, 0.1) is 22.1 Å². The van der Waals surface area contributed by atoms with Crippen LogP contribution in [0.1, 0.15) is 0 Å². The van der Waals surface area contributed by atoms with E-state index in [1.54, 1.807) is 0 Å². The molecule has 0 N–H and O–H groups in total. The molecule has 24 rings (SSSR count). The highest BCUT2D eigenvalue weighted by atomic mass is 16.4. The van der Waals surface area contributed by atoms with E-state index in [-0.39, 0.29) is 0 Å². The number of fused-ring (bicyclic) bond motifs is 6. The Kier molecular flexibility index (Phi) is 20.5. The maximum absolute atomic E-state index is 6.57. The van der Waals surface area contributed by atoms with Crippen LogP contribution in [0.4, 0.5) is 0 Å². The van der Waals surface area contributed by atoms with Crippen LogP contribution >= 0.6 is 0 Å². The van der Waals surface area contributed by atoms with Gasteiger partial charge in [-0.2, -0.15) is 0 Å². The lowest BCUT2D eigenvalue weighted by molar-refractivity contribution is 0.619. The van der Waals surface area contributed by atoms with Gasteiger partial charge in [0, 0.05) is 124 Å². The molecule has 0 saturated carbocycles. The predicted molar refractivity (Wildman–Crippen MR) is 510 cm³/mol. The van der Waals surface area contributed by atoms with Gasteiger partial charge in [-0.05, 0) is 90.5 Å². The van der Waals surface area contributed by atoms with Crippen molar-refractivity contribution in [2.75, 3.05) is 0 Å². The van der Waals surface area contributed by atoms with Crippen molar-refractivity contribution in [1.29, 1.82) is 0 Å². The fourth-order valence-corrected chi connectivity index (χ4v) is 16.0. The molecule has 0 amide bonds. The summed E-state index contributed by atoms with van der Waals surface area (Å²) in [6.45, 7) is 0. The SMILES string of the molecule is c1ccc(-c2nc(-c3ccccc3)nc(-c3cc(-c4cccc5cccnc45)c4nc(-c5ccccc5)oc4c3)n2)cc1.c1ccc(-c2nc(-c3ccccc3)nc(-c3cc(-c4cccc5cccnc45)cc4oc(-c5ccccc5)nc34)n2)cc1.c1ccc(-c2nc(-c3ccccc3)nc(-c3ccc(-c4cccc5cccnc45)c4nc(-c5ccccc5)oc34)n2)cc1. The summed E-state index contributed by atoms with van der Waals surface area (Å²) in [5.41, 5.74) is 22.8. The molecule has 18 nitrogen and oxygen atoms in total. The summed E-state index contributed by atoms with van der Waals surface area (Å²) in [4.78, 5) is 73.6. The van der Waals surface area contributed by atoms with E-state index < -0.39 is 0 Å². The van der Waals surface area contributed by atoms with Crippen LogP contribution in [0.3, 0.4) is 0 Å². The second kappa shape index (κ2) is 34.4. The van der Waals surface area contributed by atoms with E-state index >= 15 is 0 Å². The number of pyridine rings is 3. The molecule has 0 fully saturated rings. The highest BCUT2D eigenvalue weighted by molar-refractivity contribution is 6.07. The van der Waals surface area contributed by atoms with Gasteiger partial charge >= 0.3 is 0 Å². The third-order valence-electron chi connectivity index (χ3n) is 22.2. The molecule has 129 heavy (non-hydrogen) atoms. The minimum Gasteiger partial charge on any atom is -0.436 e. The Hall–Kier alpha value is -18.0. The second-order valence-electron chi connectivity index (χ2n) is 30.5. The minimum absolute atomic E-state index is 0.510. The average Bonchev–Trinajstić information content (AvgIpc) is 1.66. The van der Waals surface area contributed by atoms with Crippen LogP contribution in [0.2, 0.25) is 0 Å². The molecular formula is C111H69N15O3. The largest absolute Gasteiger partial charge is 0.436 e. The lowest BCUT2D eigenvalue weighted by Crippen LogP contribution is -2.01. The first kappa shape index (κ1) is 77.1. The second-order valence-corrected chi connectivity index (χ2v) is 30.5. The summed E-state index contributed by atoms with van der Waals surface area (Å²) in [6.07, 6.45) is 5.45. The lowest BCUT2D eigenvalue weighted by Gasteiger charge is -2.11. The van der Waals surface area contributed by atoms with Crippen LogP contribution in [-0.2, 0) is 0 Å². The number of rotatable bonds is 15. The number of oxazole rings is 3. The van der Waals surface area contributed by atoms with Crippen molar-refractivity contribution in [3.63, 3.8) is 0 Å². The molecule has 9 heterocycles. The van der Waals surface area contributed by atoms with Gasteiger partial charge in [0.2, 0.25) is 17.7 Å². The molecule has 15 aromatic carbocycles. The minimum atomic E-state index is 0.510. The molecule has 0 aliphatic rings. The molecule has 0 spiro atoms. The zero-order chi connectivity index (χ0) is 85.8. The van der Waals surface area contributed by atoms with Gasteiger partial charge in [0.1, 0.15) is 16.6 Å². The number of nitrogens with zero attached hydrogens (tertiary/aromatic N) is 15. The van der Waals surface area contributed by atoms with Crippen molar-refractivity contribution in [3.8, 4) is 170 Å². The van der Waals surface area contributed by atoms with Crippen LogP contribution in [-0.4, -0.2) is 74.8 Å². The molecule has 0 unspecified atom stereocenters. The summed E-state index contributed by atoms with van der Waals surface area (Å²) in [6, 6.07) is 132. The predicted octanol–water partition coefficient (Wildman–Crippen LogP) is 26.7. The van der Waals surface area contributed by atoms with Crippen molar-refractivity contribution < 1.29 is 13.3 Å². The molecule has 24 aromatic rings. The topological polar surface area (TPSA) is 233 Å². The van der Waals surface area contributed by atoms with E-state index in [1.165, 1.54) is 0 Å². The summed E-state index contributed by atoms with van der Waals surface area (Å²) < 4.78 is 19.4. The fraction of sp³-hybridized carbons (Fsp3) is 0. The first-order valence-corrected chi connectivity index (χ1v) is 42.1. The quantitative estimate of drug-likeness (QED) is 0.0928. The molecule has 0 saturated heterocycles. The Balaban J connectivity index is 0.000000114. The maximum atomic E-state index is 6.57. The third-order valence-corrected chi connectivity index (χ3v) is 22.2. The van der Waals surface area contributed by atoms with Crippen LogP contribution in [0.15, 0.2) is 432 Å². The number of hydrogen-bond acceptors (Lipinski definition) is 18. The Bertz CT molecular complexity index is 8040. The summed E-state index contributed by atoms with van der Waals surface area (Å²) >= 11 is 0. The van der Waals surface area contributed by atoms with Crippen LogP contribution in [0, 0.1) is 0 Å². The Morgan fingerprint density at radius 2 is 0.411 bits per heavy atom. The van der Waals surface area contributed by atoms with Gasteiger partial charge in [-0.1, -0.05) is 315 Å². The first-order valence-electron chi connectivity index (χ1n) is 42.1. The molecule has 0 atom stereocenters. The summed E-state index contributed by atoms with van der Waals surface area (Å²) in [5.74, 6) is 6.71. The number of para-hydroxylation sites is 3. The first-order chi connectivity index (χ1) is 63.9. The van der Waals surface area contributed by atoms with E-state index in [4.69, 9.17) is 88.0 Å². The fourth-order valence-electron chi connectivity index (χ4n) is 16.0. The highest BCUT2D eigenvalue weighted by Gasteiger charge is 2.27. The van der Waals surface area contributed by atoms with Crippen molar-refractivity contribution in [2.45, 2.75) is 0 Å². The van der Waals surface area contributed by atoms with Crippen molar-refractivity contribution in [3.05, 3.63) is 419 Å². The maximum Gasteiger partial charge on any atom is 0.227 e. The zero-order valence-corrected chi connectivity index (χ0v) is 68.8. The van der Waals surface area contributed by atoms with Crippen molar-refractivity contribution >= 4 is 66.0 Å². The van der Waals surface area contributed by atoms with Gasteiger partial charge in [-0.15, -0.1) is 0 Å². The molecule has 9 aromatic heterocycles. The molecule has 0 bridgehead atoms. The van der Waals surface area contributed by atoms with Gasteiger partial charge in [-0.25, -0.2) is 59.8 Å². The number of hydrogen-bond donors (Lipinski definition) is 0. The van der Waals surface area contributed by atoms with Gasteiger partial charge < -0.3 is 13.3 Å². The molecule has 0 aliphatic heterocycles. The van der Waals surface area contributed by atoms with Gasteiger partial charge in [0.15, 0.2) is 69.2 Å². The third kappa shape index (κ3) is 15.7. The average molecular weight is 1660 g/mol. The van der Waals surface area contributed by atoms with Crippen LogP contribution in [0.5, 0.6) is 0 Å². The molecule has 0 aliphatic carbocycles. The monoisotopic (exact) mass is 1660 g/mol. The Morgan fingerprint density at radius 1 is 0.147 bits per heavy atom. The molecule has 18 heteroatoms. The van der Waals surface area contributed by atoms with E-state index in [9.17, 15) is 0 Å². The van der Waals surface area contributed by atoms with Crippen LogP contribution < -0.4 is 0 Å². The summed E-state index contributed by atoms with van der Waals surface area (Å²) in [5, 5.41) is 3.16. The van der Waals surface area contributed by atoms with Crippen molar-refractivity contribution in [1.82, 2.24) is 74.8 Å². The smallest absolute Gasteiger partial charge is 0.227 e. The lowest BCUT2D eigenvalue weighted by atomic mass is 9.98. The van der Waals surface area contributed by atoms with Crippen molar-refractivity contribution in [2.24, 2.45) is 0 Å². The van der Waals surface area contributed by atoms with Crippen LogP contribution in [0.25, 0.3) is 236 Å². The molecule has 0 radical (unpaired) electrons. The molecular weight excluding hydrogens is 1590 g/mol. The highest BCUT2D eigenvalue weighted by Crippen LogP contribution is 2.44. The number of aromatic nitrogens is 15. The zero-order valence-electron chi connectivity index (χ0n) is 68.8. The van der Waals surface area contributed by atoms with Gasteiger partial charge in [0.25, 0.3) is 0 Å². The Labute approximate surface area is 738 Å². The van der Waals surface area contributed by atoms with E-state index in [2.05, 4.69) is 72.8 Å². The standard InChI is InChI=1S/3C37H23N5O/c1-4-12-25(13-5-1)34-40-35(26-14-6-2-7-15-26)42-36(41-34)30-22-21-29(28-20-10-18-24-19-11-23-38-31(24)28)32-33(30)43-37(39-32)27-16-8-3-9-17-27;1-4-12-25(13-5-1)34-40-35(26-14-6-2-7-15-26)42-36(41-34)28-22-30(29-20-10-18-24-19-11-21-38-32(24)29)33-31(23-28)43-37(39-33)27-16-8-3-9-17-27;1-4-12-25(13-5-1)34-40-35(26-14-6-2-7-15-26)42-36(41-34)30-22-28(29-20-10-18-24-19-11-21-38-32(24)29)23-31-33(30)39-37(43-31)27-16-8-3-9-17-27/h3*1-23H. The normalized spacial score (nSPS) is 11.3. The number of benzene rings is 15. The molecule has 606 valence electrons. The summed E-state index contributed by atoms with van der Waals surface area (Å²) in [7, 11) is 0. The Morgan fingerprint density at radius 3 is 0.791 bits per heavy atom. The van der Waals surface area contributed by atoms with E-state index in [0.717, 1.165) is 144 Å². The van der Waals surface area contributed by atoms with E-state index in [0.29, 0.717) is 92.4 Å². The van der Waals surface area contributed by atoms with Gasteiger partial charge in [-0.3, -0.25) is 15.0 Å².